The van der Waals surface area contributed by atoms with E-state index in [1.54, 1.807) is 7.11 Å². The Labute approximate surface area is 99.9 Å². The molecule has 4 heteroatoms. The van der Waals surface area contributed by atoms with E-state index in [1.807, 2.05) is 18.2 Å². The molecule has 1 spiro atoms. The van der Waals surface area contributed by atoms with Gasteiger partial charge in [-0.2, -0.15) is 0 Å². The van der Waals surface area contributed by atoms with E-state index in [2.05, 4.69) is 5.32 Å². The zero-order valence-electron chi connectivity index (χ0n) is 9.83. The van der Waals surface area contributed by atoms with Crippen LogP contribution in [0.3, 0.4) is 0 Å². The fourth-order valence-electron chi connectivity index (χ4n) is 2.70. The lowest BCUT2D eigenvalue weighted by Crippen LogP contribution is -2.52. The molecule has 1 fully saturated rings. The Hall–Kier alpha value is -1.29. The monoisotopic (exact) mass is 237 g/mol. The van der Waals surface area contributed by atoms with E-state index in [4.69, 9.17) is 9.47 Å². The van der Waals surface area contributed by atoms with Gasteiger partial charge in [0.15, 0.2) is 0 Å². The predicted molar refractivity (Wildman–Crippen MR) is 63.4 cm³/mol. The van der Waals surface area contributed by atoms with E-state index in [0.717, 1.165) is 23.4 Å². The highest BCUT2D eigenvalue weighted by Gasteiger charge is 2.46. The Morgan fingerprint density at radius 3 is 3.18 bits per heavy atom. The molecule has 1 N–H and O–H groups in total. The molecule has 0 aliphatic carbocycles. The van der Waals surface area contributed by atoms with Gasteiger partial charge in [0.1, 0.15) is 11.9 Å². The third-order valence-electron chi connectivity index (χ3n) is 3.76. The van der Waals surface area contributed by atoms with Crippen LogP contribution in [0.1, 0.15) is 12.0 Å². The van der Waals surface area contributed by atoms with Crippen molar-refractivity contribution in [3.05, 3.63) is 23.8 Å². The number of ether oxygens (including phenoxy) is 2. The third-order valence-corrected chi connectivity index (χ3v) is 3.76. The van der Waals surface area contributed by atoms with E-state index in [0.29, 0.717) is 13.0 Å². The second kappa shape index (κ2) is 3.88. The van der Waals surface area contributed by atoms with Crippen molar-refractivity contribution >= 4 is 5.69 Å². The summed E-state index contributed by atoms with van der Waals surface area (Å²) in [6.45, 7) is 0.816. The van der Waals surface area contributed by atoms with Crippen LogP contribution in [0.4, 0.5) is 10.1 Å². The van der Waals surface area contributed by atoms with Crippen LogP contribution >= 0.6 is 0 Å². The lowest BCUT2D eigenvalue weighted by molar-refractivity contribution is -0.00544. The molecule has 92 valence electrons. The molecule has 1 saturated heterocycles. The maximum absolute atomic E-state index is 14.1. The van der Waals surface area contributed by atoms with Crippen molar-refractivity contribution in [2.75, 3.05) is 25.6 Å². The summed E-state index contributed by atoms with van der Waals surface area (Å²) >= 11 is 0. The number of anilines is 1. The molecule has 0 bridgehead atoms. The average Bonchev–Trinajstić information content (AvgIpc) is 2.71. The molecule has 17 heavy (non-hydrogen) atoms. The van der Waals surface area contributed by atoms with Gasteiger partial charge in [0, 0.05) is 24.8 Å². The van der Waals surface area contributed by atoms with Crippen molar-refractivity contribution < 1.29 is 13.9 Å². The minimum Gasteiger partial charge on any atom is -0.497 e. The molecule has 3 rings (SSSR count). The molecule has 0 amide bonds. The maximum atomic E-state index is 14.1. The van der Waals surface area contributed by atoms with E-state index in [-0.39, 0.29) is 6.61 Å². The van der Waals surface area contributed by atoms with Crippen molar-refractivity contribution in [1.29, 1.82) is 0 Å². The summed E-state index contributed by atoms with van der Waals surface area (Å²) in [4.78, 5) is 0. The summed E-state index contributed by atoms with van der Waals surface area (Å²) in [6, 6.07) is 5.87. The lowest BCUT2D eigenvalue weighted by atomic mass is 9.86. The van der Waals surface area contributed by atoms with Crippen LogP contribution in [0.2, 0.25) is 0 Å². The molecular formula is C13H16FNO2. The van der Waals surface area contributed by atoms with Gasteiger partial charge in [-0.05, 0) is 18.1 Å². The Balaban J connectivity index is 1.90. The molecule has 2 aliphatic heterocycles. The lowest BCUT2D eigenvalue weighted by Gasteiger charge is -2.37. The molecular weight excluding hydrogens is 221 g/mol. The summed E-state index contributed by atoms with van der Waals surface area (Å²) in [7, 11) is 1.64. The molecule has 2 unspecified atom stereocenters. The normalized spacial score (nSPS) is 31.1. The minimum absolute atomic E-state index is 0.193. The first kappa shape index (κ1) is 10.8. The van der Waals surface area contributed by atoms with Crippen molar-refractivity contribution in [3.63, 3.8) is 0 Å². The third kappa shape index (κ3) is 1.67. The quantitative estimate of drug-likeness (QED) is 0.812. The van der Waals surface area contributed by atoms with Crippen molar-refractivity contribution in [2.45, 2.75) is 24.6 Å². The molecule has 2 aliphatic rings. The maximum Gasteiger partial charge on any atom is 0.147 e. The molecule has 0 radical (unpaired) electrons. The molecule has 2 heterocycles. The fourth-order valence-corrected chi connectivity index (χ4v) is 2.70. The molecule has 3 nitrogen and oxygen atoms in total. The highest BCUT2D eigenvalue weighted by molar-refractivity contribution is 5.62. The smallest absolute Gasteiger partial charge is 0.147 e. The van der Waals surface area contributed by atoms with E-state index in [9.17, 15) is 4.39 Å². The Morgan fingerprint density at radius 2 is 2.41 bits per heavy atom. The number of alkyl halides is 1. The number of benzene rings is 1. The minimum atomic E-state index is -0.949. The predicted octanol–water partition coefficient (Wildman–Crippen LogP) is 2.16. The number of methoxy groups -OCH3 is 1. The first-order chi connectivity index (χ1) is 8.23. The molecule has 1 aromatic carbocycles. The summed E-state index contributed by atoms with van der Waals surface area (Å²) in [6.07, 6.45) is 0.497. The van der Waals surface area contributed by atoms with Crippen LogP contribution in [0, 0.1) is 0 Å². The molecule has 0 saturated carbocycles. The van der Waals surface area contributed by atoms with E-state index < -0.39 is 11.7 Å². The van der Waals surface area contributed by atoms with Crippen molar-refractivity contribution in [3.8, 4) is 5.75 Å². The van der Waals surface area contributed by atoms with Gasteiger partial charge in [0.2, 0.25) is 0 Å². The van der Waals surface area contributed by atoms with Gasteiger partial charge in [0.25, 0.3) is 0 Å². The SMILES string of the molecule is COc1ccc2c(c1)NC1(CCOCC1F)C2. The van der Waals surface area contributed by atoms with Crippen LogP contribution in [0.5, 0.6) is 5.75 Å². The summed E-state index contributed by atoms with van der Waals surface area (Å²) in [5.74, 6) is 0.802. The van der Waals surface area contributed by atoms with Crippen LogP contribution < -0.4 is 10.1 Å². The summed E-state index contributed by atoms with van der Waals surface area (Å²) in [5.41, 5.74) is 1.69. The Bertz CT molecular complexity index is 437. The molecule has 0 aromatic heterocycles. The van der Waals surface area contributed by atoms with Gasteiger partial charge in [-0.1, -0.05) is 6.07 Å². The first-order valence-corrected chi connectivity index (χ1v) is 5.90. The van der Waals surface area contributed by atoms with Crippen molar-refractivity contribution in [2.24, 2.45) is 0 Å². The van der Waals surface area contributed by atoms with Gasteiger partial charge in [-0.25, -0.2) is 4.39 Å². The topological polar surface area (TPSA) is 30.5 Å². The Morgan fingerprint density at radius 1 is 1.53 bits per heavy atom. The summed E-state index contributed by atoms with van der Waals surface area (Å²) < 4.78 is 24.4. The standard InChI is InChI=1S/C13H16FNO2/c1-16-10-3-2-9-7-13(15-11(9)6-10)4-5-17-8-12(13)14/h2-3,6,12,15H,4-5,7-8H2,1H3. The van der Waals surface area contributed by atoms with Gasteiger partial charge in [-0.3, -0.25) is 0 Å². The van der Waals surface area contributed by atoms with Gasteiger partial charge in [-0.15, -0.1) is 0 Å². The molecule has 1 aromatic rings. The summed E-state index contributed by atoms with van der Waals surface area (Å²) in [5, 5.41) is 3.34. The van der Waals surface area contributed by atoms with Gasteiger partial charge in [0.05, 0.1) is 19.3 Å². The van der Waals surface area contributed by atoms with Gasteiger partial charge < -0.3 is 14.8 Å². The fraction of sp³-hybridized carbons (Fsp3) is 0.538. The average molecular weight is 237 g/mol. The number of halogens is 1. The van der Waals surface area contributed by atoms with Crippen molar-refractivity contribution in [1.82, 2.24) is 0 Å². The largest absolute Gasteiger partial charge is 0.497 e. The number of hydrogen-bond donors (Lipinski definition) is 1. The van der Waals surface area contributed by atoms with Crippen LogP contribution in [-0.2, 0) is 11.2 Å². The van der Waals surface area contributed by atoms with Crippen LogP contribution in [0.25, 0.3) is 0 Å². The zero-order valence-corrected chi connectivity index (χ0v) is 9.83. The zero-order chi connectivity index (χ0) is 11.9. The number of rotatable bonds is 1. The number of nitrogens with one attached hydrogen (secondary N) is 1. The van der Waals surface area contributed by atoms with Crippen LogP contribution in [-0.4, -0.2) is 32.0 Å². The highest BCUT2D eigenvalue weighted by Crippen LogP contribution is 2.41. The second-order valence-electron chi connectivity index (χ2n) is 4.77. The highest BCUT2D eigenvalue weighted by atomic mass is 19.1. The number of fused-ring (bicyclic) bond motifs is 1. The molecule has 2 atom stereocenters. The Kier molecular flexibility index (Phi) is 2.47. The van der Waals surface area contributed by atoms with Crippen LogP contribution in [0.15, 0.2) is 18.2 Å². The van der Waals surface area contributed by atoms with E-state index in [1.165, 1.54) is 0 Å². The number of hydrogen-bond acceptors (Lipinski definition) is 3. The first-order valence-electron chi connectivity index (χ1n) is 5.90. The second-order valence-corrected chi connectivity index (χ2v) is 4.77. The van der Waals surface area contributed by atoms with E-state index >= 15 is 0 Å². The van der Waals surface area contributed by atoms with Gasteiger partial charge >= 0.3 is 0 Å².